The molecule has 2 heteroatoms. The first-order valence-electron chi connectivity index (χ1n) is 2.80. The van der Waals surface area contributed by atoms with E-state index in [2.05, 4.69) is 31.3 Å². The van der Waals surface area contributed by atoms with Crippen molar-refractivity contribution in [3.05, 3.63) is 0 Å². The molecule has 8 heavy (non-hydrogen) atoms. The van der Waals surface area contributed by atoms with Crippen LogP contribution in [0.25, 0.3) is 0 Å². The third-order valence-electron chi connectivity index (χ3n) is 0.994. The van der Waals surface area contributed by atoms with E-state index < -0.39 is 0 Å². The first kappa shape index (κ1) is 8.02. The lowest BCUT2D eigenvalue weighted by Crippen LogP contribution is -2.03. The van der Waals surface area contributed by atoms with Crippen LogP contribution in [0.3, 0.4) is 0 Å². The molecule has 0 aromatic heterocycles. The SMILES string of the molecule is C=NC(C)CC(C)S. The van der Waals surface area contributed by atoms with Crippen molar-refractivity contribution in [3.63, 3.8) is 0 Å². The van der Waals surface area contributed by atoms with Gasteiger partial charge in [-0.15, -0.1) is 0 Å². The van der Waals surface area contributed by atoms with Gasteiger partial charge < -0.3 is 0 Å². The first-order chi connectivity index (χ1) is 3.66. The Labute approximate surface area is 56.6 Å². The fraction of sp³-hybridized carbons (Fsp3) is 0.833. The van der Waals surface area contributed by atoms with Crippen molar-refractivity contribution in [1.82, 2.24) is 0 Å². The van der Waals surface area contributed by atoms with Crippen molar-refractivity contribution < 1.29 is 0 Å². The number of hydrogen-bond acceptors (Lipinski definition) is 2. The van der Waals surface area contributed by atoms with Crippen molar-refractivity contribution in [1.29, 1.82) is 0 Å². The summed E-state index contributed by atoms with van der Waals surface area (Å²) in [6, 6.07) is 0.363. The number of thiol groups is 1. The first-order valence-corrected chi connectivity index (χ1v) is 3.32. The van der Waals surface area contributed by atoms with Crippen LogP contribution in [0.4, 0.5) is 0 Å². The van der Waals surface area contributed by atoms with Gasteiger partial charge in [0.15, 0.2) is 0 Å². The van der Waals surface area contributed by atoms with Crippen molar-refractivity contribution in [3.8, 4) is 0 Å². The predicted octanol–water partition coefficient (Wildman–Crippen LogP) is 1.78. The van der Waals surface area contributed by atoms with Crippen LogP contribution < -0.4 is 0 Å². The Morgan fingerprint density at radius 3 is 2.25 bits per heavy atom. The van der Waals surface area contributed by atoms with Gasteiger partial charge in [-0.05, 0) is 20.1 Å². The molecule has 48 valence electrons. The van der Waals surface area contributed by atoms with Gasteiger partial charge in [0, 0.05) is 11.3 Å². The third kappa shape index (κ3) is 4.19. The van der Waals surface area contributed by atoms with Crippen LogP contribution in [-0.4, -0.2) is 18.0 Å². The van der Waals surface area contributed by atoms with Gasteiger partial charge in [0.25, 0.3) is 0 Å². The third-order valence-corrected chi connectivity index (χ3v) is 1.20. The Hall–Kier alpha value is 0.0200. The summed E-state index contributed by atoms with van der Waals surface area (Å²) in [6.07, 6.45) is 1.02. The van der Waals surface area contributed by atoms with Crippen molar-refractivity contribution in [2.75, 3.05) is 0 Å². The van der Waals surface area contributed by atoms with Gasteiger partial charge in [-0.1, -0.05) is 6.92 Å². The Balaban J connectivity index is 3.23. The minimum atomic E-state index is 0.363. The van der Waals surface area contributed by atoms with E-state index in [4.69, 9.17) is 0 Å². The van der Waals surface area contributed by atoms with Gasteiger partial charge >= 0.3 is 0 Å². The normalized spacial score (nSPS) is 17.4. The molecular weight excluding hydrogens is 118 g/mol. The zero-order chi connectivity index (χ0) is 6.57. The summed E-state index contributed by atoms with van der Waals surface area (Å²) in [5.74, 6) is 0. The van der Waals surface area contributed by atoms with E-state index in [0.717, 1.165) is 6.42 Å². The molecular formula is C6H13NS. The number of nitrogens with zero attached hydrogens (tertiary/aromatic N) is 1. The molecule has 0 spiro atoms. The molecule has 2 atom stereocenters. The molecule has 0 heterocycles. The quantitative estimate of drug-likeness (QED) is 0.443. The summed E-state index contributed by atoms with van der Waals surface area (Å²) < 4.78 is 0. The van der Waals surface area contributed by atoms with Crippen LogP contribution in [0.5, 0.6) is 0 Å². The molecule has 0 fully saturated rings. The van der Waals surface area contributed by atoms with E-state index in [9.17, 15) is 0 Å². The average molecular weight is 131 g/mol. The van der Waals surface area contributed by atoms with Crippen molar-refractivity contribution >= 4 is 19.3 Å². The second-order valence-electron chi connectivity index (χ2n) is 2.12. The average Bonchev–Trinajstić information content (AvgIpc) is 1.65. The van der Waals surface area contributed by atoms with E-state index in [1.807, 2.05) is 6.92 Å². The van der Waals surface area contributed by atoms with Crippen molar-refractivity contribution in [2.45, 2.75) is 31.6 Å². The van der Waals surface area contributed by atoms with Crippen LogP contribution in [0.15, 0.2) is 4.99 Å². The highest BCUT2D eigenvalue weighted by Gasteiger charge is 1.99. The minimum absolute atomic E-state index is 0.363. The van der Waals surface area contributed by atoms with E-state index >= 15 is 0 Å². The summed E-state index contributed by atoms with van der Waals surface area (Å²) in [5.41, 5.74) is 0. The lowest BCUT2D eigenvalue weighted by Gasteiger charge is -2.05. The van der Waals surface area contributed by atoms with Crippen LogP contribution in [-0.2, 0) is 0 Å². The van der Waals surface area contributed by atoms with E-state index in [1.54, 1.807) is 0 Å². The zero-order valence-corrected chi connectivity index (χ0v) is 6.36. The van der Waals surface area contributed by atoms with Crippen molar-refractivity contribution in [2.24, 2.45) is 4.99 Å². The van der Waals surface area contributed by atoms with Gasteiger partial charge in [0.1, 0.15) is 0 Å². The maximum Gasteiger partial charge on any atom is 0.0474 e. The second-order valence-corrected chi connectivity index (χ2v) is 3.00. The predicted molar refractivity (Wildman–Crippen MR) is 42.1 cm³/mol. The summed E-state index contributed by atoms with van der Waals surface area (Å²) >= 11 is 4.20. The Morgan fingerprint density at radius 2 is 2.12 bits per heavy atom. The van der Waals surface area contributed by atoms with Gasteiger partial charge in [0.05, 0.1) is 0 Å². The van der Waals surface area contributed by atoms with Gasteiger partial charge in [-0.25, -0.2) is 0 Å². The number of aliphatic imine (C=N–C) groups is 1. The van der Waals surface area contributed by atoms with Gasteiger partial charge in [0.2, 0.25) is 0 Å². The number of rotatable bonds is 3. The molecule has 2 unspecified atom stereocenters. The molecule has 0 saturated heterocycles. The van der Waals surface area contributed by atoms with Gasteiger partial charge in [-0.3, -0.25) is 4.99 Å². The van der Waals surface area contributed by atoms with Crippen LogP contribution in [0.1, 0.15) is 20.3 Å². The van der Waals surface area contributed by atoms with E-state index in [1.165, 1.54) is 0 Å². The molecule has 0 aliphatic carbocycles. The topological polar surface area (TPSA) is 12.4 Å². The maximum absolute atomic E-state index is 4.20. The monoisotopic (exact) mass is 131 g/mol. The van der Waals surface area contributed by atoms with E-state index in [0.29, 0.717) is 11.3 Å². The fourth-order valence-corrected chi connectivity index (χ4v) is 0.873. The Morgan fingerprint density at radius 1 is 1.62 bits per heavy atom. The van der Waals surface area contributed by atoms with Gasteiger partial charge in [-0.2, -0.15) is 12.6 Å². The van der Waals surface area contributed by atoms with Crippen LogP contribution in [0.2, 0.25) is 0 Å². The molecule has 0 aliphatic heterocycles. The van der Waals surface area contributed by atoms with Crippen LogP contribution in [0, 0.1) is 0 Å². The molecule has 0 amide bonds. The largest absolute Gasteiger partial charge is 0.298 e. The highest BCUT2D eigenvalue weighted by molar-refractivity contribution is 7.80. The zero-order valence-electron chi connectivity index (χ0n) is 5.46. The summed E-state index contributed by atoms with van der Waals surface area (Å²) in [5, 5.41) is 0.440. The molecule has 0 saturated carbocycles. The highest BCUT2D eigenvalue weighted by Crippen LogP contribution is 2.05. The molecule has 0 radical (unpaired) electrons. The molecule has 0 aromatic carbocycles. The number of hydrogen-bond donors (Lipinski definition) is 1. The molecule has 1 nitrogen and oxygen atoms in total. The fourth-order valence-electron chi connectivity index (χ4n) is 0.568. The summed E-state index contributed by atoms with van der Waals surface area (Å²) in [7, 11) is 0. The standard InChI is InChI=1S/C6H13NS/c1-5(7-3)4-6(2)8/h5-6,8H,3-4H2,1-2H3. The van der Waals surface area contributed by atoms with Crippen LogP contribution >= 0.6 is 12.6 Å². The molecule has 0 aliphatic rings. The highest BCUT2D eigenvalue weighted by atomic mass is 32.1. The molecule has 0 rings (SSSR count). The summed E-state index contributed by atoms with van der Waals surface area (Å²) in [6.45, 7) is 7.53. The Kier molecular flexibility index (Phi) is 3.97. The minimum Gasteiger partial charge on any atom is -0.298 e. The smallest absolute Gasteiger partial charge is 0.0474 e. The molecule has 0 aromatic rings. The second kappa shape index (κ2) is 3.96. The molecule has 0 N–H and O–H groups in total. The lowest BCUT2D eigenvalue weighted by atomic mass is 10.2. The Bertz CT molecular complexity index is 70.9. The lowest BCUT2D eigenvalue weighted by molar-refractivity contribution is 0.671. The van der Waals surface area contributed by atoms with E-state index in [-0.39, 0.29) is 0 Å². The molecule has 0 bridgehead atoms. The maximum atomic E-state index is 4.20. The summed E-state index contributed by atoms with van der Waals surface area (Å²) in [4.78, 5) is 3.83.